The normalized spacial score (nSPS) is 11.0. The Morgan fingerprint density at radius 3 is 2.39 bits per heavy atom. The van der Waals surface area contributed by atoms with Crippen molar-refractivity contribution in [2.45, 2.75) is 18.2 Å². The highest BCUT2D eigenvalue weighted by Crippen LogP contribution is 2.27. The number of carbonyl (C=O) groups is 1. The monoisotopic (exact) mass is 472 g/mol. The van der Waals surface area contributed by atoms with Crippen LogP contribution in [0.1, 0.15) is 21.5 Å². The van der Waals surface area contributed by atoms with Crippen molar-refractivity contribution in [3.8, 4) is 11.5 Å². The molecule has 33 heavy (non-hydrogen) atoms. The Labute approximate surface area is 192 Å². The quantitative estimate of drug-likeness (QED) is 0.492. The first-order valence-electron chi connectivity index (χ1n) is 10.1. The molecule has 0 aliphatic carbocycles. The predicted octanol–water partition coefficient (Wildman–Crippen LogP) is 3.92. The number of anilines is 1. The molecule has 0 aromatic heterocycles. The van der Waals surface area contributed by atoms with E-state index in [1.165, 1.54) is 30.3 Å². The predicted molar refractivity (Wildman–Crippen MR) is 124 cm³/mol. The summed E-state index contributed by atoms with van der Waals surface area (Å²) < 4.78 is 52.0. The van der Waals surface area contributed by atoms with Crippen molar-refractivity contribution in [2.24, 2.45) is 0 Å². The summed E-state index contributed by atoms with van der Waals surface area (Å²) in [5.41, 5.74) is 1.61. The van der Waals surface area contributed by atoms with Gasteiger partial charge in [0.2, 0.25) is 0 Å². The summed E-state index contributed by atoms with van der Waals surface area (Å²) in [6.45, 7) is 2.04. The molecule has 0 heterocycles. The van der Waals surface area contributed by atoms with Crippen LogP contribution < -0.4 is 19.5 Å². The molecular weight excluding hydrogens is 447 g/mol. The third kappa shape index (κ3) is 5.81. The first-order valence-corrected chi connectivity index (χ1v) is 11.6. The van der Waals surface area contributed by atoms with E-state index < -0.39 is 21.7 Å². The zero-order valence-electron chi connectivity index (χ0n) is 18.5. The van der Waals surface area contributed by atoms with Crippen molar-refractivity contribution >= 4 is 21.6 Å². The zero-order chi connectivity index (χ0) is 24.0. The summed E-state index contributed by atoms with van der Waals surface area (Å²) in [5, 5.41) is 2.81. The molecule has 0 saturated carbocycles. The second kappa shape index (κ2) is 10.4. The molecule has 9 heteroatoms. The highest BCUT2D eigenvalue weighted by molar-refractivity contribution is 7.92. The molecule has 0 spiro atoms. The Kier molecular flexibility index (Phi) is 7.55. The van der Waals surface area contributed by atoms with Gasteiger partial charge in [-0.3, -0.25) is 9.52 Å². The van der Waals surface area contributed by atoms with Gasteiger partial charge in [-0.2, -0.15) is 0 Å². The molecule has 0 aliphatic heterocycles. The van der Waals surface area contributed by atoms with E-state index in [1.54, 1.807) is 33.3 Å². The number of benzene rings is 3. The van der Waals surface area contributed by atoms with Gasteiger partial charge in [0.25, 0.3) is 15.9 Å². The van der Waals surface area contributed by atoms with E-state index in [-0.39, 0.29) is 16.1 Å². The number of para-hydroxylation sites is 1. The Morgan fingerprint density at radius 2 is 1.70 bits per heavy atom. The Hall–Kier alpha value is -3.59. The number of halogens is 1. The number of hydrogen-bond acceptors (Lipinski definition) is 5. The molecule has 3 rings (SSSR count). The lowest BCUT2D eigenvalue weighted by Crippen LogP contribution is -2.27. The van der Waals surface area contributed by atoms with Gasteiger partial charge in [-0.05, 0) is 60.9 Å². The highest BCUT2D eigenvalue weighted by Gasteiger charge is 2.19. The highest BCUT2D eigenvalue weighted by atomic mass is 32.2. The summed E-state index contributed by atoms with van der Waals surface area (Å²) in [4.78, 5) is 12.6. The van der Waals surface area contributed by atoms with Crippen LogP contribution in [0, 0.1) is 12.7 Å². The molecule has 0 radical (unpaired) electrons. The Bertz CT molecular complexity index is 1260. The van der Waals surface area contributed by atoms with Gasteiger partial charge in [-0.25, -0.2) is 12.8 Å². The second-order valence-corrected chi connectivity index (χ2v) is 8.94. The molecule has 0 saturated heterocycles. The molecule has 0 atom stereocenters. The van der Waals surface area contributed by atoms with E-state index in [9.17, 15) is 17.6 Å². The van der Waals surface area contributed by atoms with Gasteiger partial charge < -0.3 is 14.8 Å². The minimum Gasteiger partial charge on any atom is -0.493 e. The molecule has 3 aromatic carbocycles. The average molecular weight is 473 g/mol. The number of methoxy groups -OCH3 is 2. The number of aryl methyl sites for hydroxylation is 1. The minimum absolute atomic E-state index is 0.138. The fourth-order valence-corrected chi connectivity index (χ4v) is 4.31. The Balaban J connectivity index is 1.71. The average Bonchev–Trinajstić information content (AvgIpc) is 2.80. The van der Waals surface area contributed by atoms with Crippen LogP contribution in [-0.2, 0) is 16.4 Å². The maximum absolute atomic E-state index is 13.9. The van der Waals surface area contributed by atoms with Crippen LogP contribution in [0.4, 0.5) is 10.1 Å². The zero-order valence-corrected chi connectivity index (χ0v) is 19.3. The first kappa shape index (κ1) is 24.1. The third-order valence-electron chi connectivity index (χ3n) is 5.03. The smallest absolute Gasteiger partial charge is 0.262 e. The summed E-state index contributed by atoms with van der Waals surface area (Å²) in [6.07, 6.45) is 0.540. The van der Waals surface area contributed by atoms with Crippen LogP contribution in [0.15, 0.2) is 65.6 Å². The van der Waals surface area contributed by atoms with Gasteiger partial charge in [0, 0.05) is 12.1 Å². The summed E-state index contributed by atoms with van der Waals surface area (Å²) >= 11 is 0. The topological polar surface area (TPSA) is 93.7 Å². The van der Waals surface area contributed by atoms with Crippen LogP contribution in [0.2, 0.25) is 0 Å². The number of carbonyl (C=O) groups excluding carboxylic acids is 1. The molecule has 0 bridgehead atoms. The van der Waals surface area contributed by atoms with Gasteiger partial charge in [0.05, 0.1) is 24.8 Å². The number of ether oxygens (including phenoxy) is 2. The molecule has 7 nitrogen and oxygen atoms in total. The fourth-order valence-electron chi connectivity index (χ4n) is 3.21. The van der Waals surface area contributed by atoms with Gasteiger partial charge in [0.15, 0.2) is 11.5 Å². The van der Waals surface area contributed by atoms with Crippen LogP contribution in [-0.4, -0.2) is 35.1 Å². The van der Waals surface area contributed by atoms with Crippen molar-refractivity contribution in [3.63, 3.8) is 0 Å². The number of hydrogen-bond donors (Lipinski definition) is 2. The molecule has 0 fully saturated rings. The lowest BCUT2D eigenvalue weighted by Gasteiger charge is -2.13. The van der Waals surface area contributed by atoms with Gasteiger partial charge in [-0.15, -0.1) is 0 Å². The van der Waals surface area contributed by atoms with Gasteiger partial charge >= 0.3 is 0 Å². The van der Waals surface area contributed by atoms with Gasteiger partial charge in [-0.1, -0.05) is 24.3 Å². The molecule has 0 unspecified atom stereocenters. The molecule has 3 aromatic rings. The number of nitrogens with one attached hydrogen (secondary N) is 2. The second-order valence-electron chi connectivity index (χ2n) is 7.26. The maximum Gasteiger partial charge on any atom is 0.262 e. The van der Waals surface area contributed by atoms with Gasteiger partial charge in [0.1, 0.15) is 5.82 Å². The largest absolute Gasteiger partial charge is 0.493 e. The van der Waals surface area contributed by atoms with Crippen LogP contribution in [0.25, 0.3) is 0 Å². The van der Waals surface area contributed by atoms with E-state index in [4.69, 9.17) is 9.47 Å². The molecule has 2 N–H and O–H groups in total. The fraction of sp³-hybridized carbons (Fsp3) is 0.208. The third-order valence-corrected chi connectivity index (χ3v) is 6.39. The summed E-state index contributed by atoms with van der Waals surface area (Å²) in [5.74, 6) is 0.109. The van der Waals surface area contributed by atoms with Crippen molar-refractivity contribution in [1.29, 1.82) is 0 Å². The summed E-state index contributed by atoms with van der Waals surface area (Å²) in [6, 6.07) is 15.2. The summed E-state index contributed by atoms with van der Waals surface area (Å²) in [7, 11) is -0.977. The number of rotatable bonds is 9. The minimum atomic E-state index is -4.08. The van der Waals surface area contributed by atoms with Crippen molar-refractivity contribution < 1.29 is 27.1 Å². The Morgan fingerprint density at radius 1 is 0.970 bits per heavy atom. The van der Waals surface area contributed by atoms with E-state index in [2.05, 4.69) is 10.0 Å². The lowest BCUT2D eigenvalue weighted by molar-refractivity contribution is 0.0953. The number of amides is 1. The first-order chi connectivity index (χ1) is 15.7. The lowest BCUT2D eigenvalue weighted by atomic mass is 10.1. The van der Waals surface area contributed by atoms with Crippen LogP contribution in [0.3, 0.4) is 0 Å². The van der Waals surface area contributed by atoms with E-state index in [0.717, 1.165) is 11.6 Å². The van der Waals surface area contributed by atoms with E-state index in [0.29, 0.717) is 30.0 Å². The van der Waals surface area contributed by atoms with E-state index in [1.807, 2.05) is 12.1 Å². The van der Waals surface area contributed by atoms with Crippen LogP contribution in [0.5, 0.6) is 11.5 Å². The molecular formula is C24H25FN2O5S. The van der Waals surface area contributed by atoms with Crippen LogP contribution >= 0.6 is 0 Å². The van der Waals surface area contributed by atoms with Crippen molar-refractivity contribution in [2.75, 3.05) is 25.5 Å². The van der Waals surface area contributed by atoms with E-state index >= 15 is 0 Å². The maximum atomic E-state index is 13.9. The van der Waals surface area contributed by atoms with Crippen molar-refractivity contribution in [1.82, 2.24) is 5.32 Å². The standard InChI is InChI=1S/C24H25FN2O5S/c1-16-8-10-18(33(29,30)27-21-7-5-4-6-20(21)25)15-19(16)24(28)26-13-12-17-9-11-22(31-2)23(14-17)32-3/h4-11,14-15,27H,12-13H2,1-3H3,(H,26,28). The SMILES string of the molecule is COc1ccc(CCNC(=O)c2cc(S(=O)(=O)Nc3ccccc3F)ccc2C)cc1OC. The molecule has 1 amide bonds. The molecule has 174 valence electrons. The number of sulfonamides is 1. The van der Waals surface area contributed by atoms with Crippen molar-refractivity contribution in [3.05, 3.63) is 83.2 Å². The molecule has 0 aliphatic rings.